The maximum Gasteiger partial charge on any atom is 0.243 e. The molecule has 7 heteroatoms. The van der Waals surface area contributed by atoms with Crippen molar-refractivity contribution in [2.75, 3.05) is 13.2 Å². The first-order valence-electron chi connectivity index (χ1n) is 9.57. The van der Waals surface area contributed by atoms with E-state index in [0.29, 0.717) is 24.5 Å². The number of aryl methyl sites for hydroxylation is 2. The molecule has 0 saturated heterocycles. The lowest BCUT2D eigenvalue weighted by Gasteiger charge is -2.23. The fraction of sp³-hybridized carbons (Fsp3) is 0.318. The van der Waals surface area contributed by atoms with E-state index in [1.807, 2.05) is 50.4 Å². The molecule has 154 valence electrons. The van der Waals surface area contributed by atoms with E-state index in [1.54, 1.807) is 35.9 Å². The van der Waals surface area contributed by atoms with E-state index in [1.165, 1.54) is 4.31 Å². The summed E-state index contributed by atoms with van der Waals surface area (Å²) in [4.78, 5) is 5.59. The average Bonchev–Trinajstić information content (AvgIpc) is 3.22. The van der Waals surface area contributed by atoms with Crippen molar-refractivity contribution in [3.63, 3.8) is 0 Å². The minimum atomic E-state index is -3.67. The zero-order valence-electron chi connectivity index (χ0n) is 17.0. The van der Waals surface area contributed by atoms with Gasteiger partial charge in [0.05, 0.1) is 11.5 Å². The summed E-state index contributed by atoms with van der Waals surface area (Å²) >= 11 is 1.64. The van der Waals surface area contributed by atoms with Gasteiger partial charge in [-0.25, -0.2) is 8.42 Å². The summed E-state index contributed by atoms with van der Waals surface area (Å²) < 4.78 is 34.3. The van der Waals surface area contributed by atoms with Crippen molar-refractivity contribution in [3.05, 3.63) is 75.7 Å². The van der Waals surface area contributed by atoms with E-state index in [2.05, 4.69) is 4.98 Å². The van der Waals surface area contributed by atoms with Crippen LogP contribution in [0.3, 0.4) is 0 Å². The lowest BCUT2D eigenvalue weighted by Crippen LogP contribution is -2.32. The Bertz CT molecular complexity index is 1010. The van der Waals surface area contributed by atoms with E-state index in [0.717, 1.165) is 27.3 Å². The van der Waals surface area contributed by atoms with E-state index in [4.69, 9.17) is 4.74 Å². The molecule has 0 saturated carbocycles. The lowest BCUT2D eigenvalue weighted by molar-refractivity contribution is 0.335. The molecular formula is C22H26N2O3S2. The van der Waals surface area contributed by atoms with Gasteiger partial charge < -0.3 is 4.74 Å². The normalized spacial score (nSPS) is 11.7. The van der Waals surface area contributed by atoms with Crippen LogP contribution in [-0.4, -0.2) is 30.9 Å². The van der Waals surface area contributed by atoms with Crippen LogP contribution in [0, 0.1) is 13.8 Å². The molecule has 0 aliphatic carbocycles. The number of benzene rings is 1. The molecule has 0 fully saturated rings. The van der Waals surface area contributed by atoms with Crippen LogP contribution in [0.5, 0.6) is 5.75 Å². The zero-order chi connectivity index (χ0) is 20.9. The van der Waals surface area contributed by atoms with Gasteiger partial charge >= 0.3 is 0 Å². The summed E-state index contributed by atoms with van der Waals surface area (Å²) in [6.45, 7) is 6.92. The quantitative estimate of drug-likeness (QED) is 0.498. The fourth-order valence-corrected chi connectivity index (χ4v) is 5.55. The van der Waals surface area contributed by atoms with Gasteiger partial charge in [-0.1, -0.05) is 12.1 Å². The van der Waals surface area contributed by atoms with Gasteiger partial charge in [-0.3, -0.25) is 4.98 Å². The topological polar surface area (TPSA) is 59.5 Å². The Morgan fingerprint density at radius 3 is 2.48 bits per heavy atom. The number of thiophene rings is 1. The highest BCUT2D eigenvalue weighted by Crippen LogP contribution is 2.29. The lowest BCUT2D eigenvalue weighted by atomic mass is 10.1. The largest absolute Gasteiger partial charge is 0.493 e. The van der Waals surface area contributed by atoms with Crippen molar-refractivity contribution in [3.8, 4) is 5.75 Å². The second-order valence-electron chi connectivity index (χ2n) is 6.85. The molecule has 0 aliphatic heterocycles. The second kappa shape index (κ2) is 9.52. The van der Waals surface area contributed by atoms with Gasteiger partial charge in [0.25, 0.3) is 0 Å². The third-order valence-electron chi connectivity index (χ3n) is 4.63. The molecule has 3 aromatic rings. The van der Waals surface area contributed by atoms with Crippen LogP contribution in [-0.2, 0) is 23.0 Å². The molecule has 1 aromatic carbocycles. The molecule has 0 atom stereocenters. The van der Waals surface area contributed by atoms with Crippen LogP contribution in [0.15, 0.2) is 59.1 Å². The molecule has 2 aromatic heterocycles. The first kappa shape index (κ1) is 21.5. The van der Waals surface area contributed by atoms with Gasteiger partial charge in [0.1, 0.15) is 5.75 Å². The molecule has 0 amide bonds. The van der Waals surface area contributed by atoms with E-state index in [9.17, 15) is 8.42 Å². The summed E-state index contributed by atoms with van der Waals surface area (Å²) in [6, 6.07) is 11.1. The third kappa shape index (κ3) is 5.23. The Morgan fingerprint density at radius 1 is 1.14 bits per heavy atom. The van der Waals surface area contributed by atoms with Crippen molar-refractivity contribution in [2.24, 2.45) is 0 Å². The number of nitrogens with zero attached hydrogens (tertiary/aromatic N) is 2. The van der Waals surface area contributed by atoms with Crippen molar-refractivity contribution in [1.82, 2.24) is 9.29 Å². The van der Waals surface area contributed by atoms with Crippen molar-refractivity contribution < 1.29 is 13.2 Å². The first-order chi connectivity index (χ1) is 13.9. The predicted octanol–water partition coefficient (Wildman–Crippen LogP) is 4.59. The summed E-state index contributed by atoms with van der Waals surface area (Å²) in [5.74, 6) is 0.754. The minimum Gasteiger partial charge on any atom is -0.493 e. The third-order valence-corrected chi connectivity index (χ3v) is 7.39. The maximum atomic E-state index is 13.5. The highest BCUT2D eigenvalue weighted by molar-refractivity contribution is 7.89. The van der Waals surface area contributed by atoms with Crippen molar-refractivity contribution >= 4 is 21.4 Å². The van der Waals surface area contributed by atoms with Crippen LogP contribution >= 0.6 is 11.3 Å². The van der Waals surface area contributed by atoms with Gasteiger partial charge in [-0.05, 0) is 73.5 Å². The van der Waals surface area contributed by atoms with E-state index < -0.39 is 10.0 Å². The Hall–Kier alpha value is -2.22. The van der Waals surface area contributed by atoms with Gasteiger partial charge in [0.2, 0.25) is 10.0 Å². The second-order valence-corrected chi connectivity index (χ2v) is 9.82. The van der Waals surface area contributed by atoms with E-state index >= 15 is 0 Å². The van der Waals surface area contributed by atoms with Gasteiger partial charge in [0.15, 0.2) is 0 Å². The molecule has 0 aliphatic rings. The number of hydrogen-bond acceptors (Lipinski definition) is 5. The number of pyridine rings is 1. The Labute approximate surface area is 177 Å². The summed E-state index contributed by atoms with van der Waals surface area (Å²) in [5.41, 5.74) is 2.51. The standard InChI is InChI=1S/C22H26N2O3S2/c1-4-27-22-17(2)13-21(14-18(22)3)29(25,26)24(11-9-20-8-6-12-28-20)16-19-7-5-10-23-15-19/h5-8,10,12-15H,4,9,11,16H2,1-3H3. The molecule has 29 heavy (non-hydrogen) atoms. The Morgan fingerprint density at radius 2 is 1.90 bits per heavy atom. The van der Waals surface area contributed by atoms with E-state index in [-0.39, 0.29) is 6.54 Å². The molecule has 0 radical (unpaired) electrons. The van der Waals surface area contributed by atoms with Crippen LogP contribution in [0.1, 0.15) is 28.5 Å². The fourth-order valence-electron chi connectivity index (χ4n) is 3.25. The number of rotatable bonds is 9. The molecule has 0 unspecified atom stereocenters. The highest BCUT2D eigenvalue weighted by Gasteiger charge is 2.26. The zero-order valence-corrected chi connectivity index (χ0v) is 18.6. The summed E-state index contributed by atoms with van der Waals surface area (Å²) in [7, 11) is -3.67. The smallest absolute Gasteiger partial charge is 0.243 e. The molecule has 0 N–H and O–H groups in total. The van der Waals surface area contributed by atoms with Crippen LogP contribution in [0.25, 0.3) is 0 Å². The van der Waals surface area contributed by atoms with Gasteiger partial charge in [-0.2, -0.15) is 4.31 Å². The molecule has 0 spiro atoms. The van der Waals surface area contributed by atoms with Crippen LogP contribution in [0.2, 0.25) is 0 Å². The monoisotopic (exact) mass is 430 g/mol. The summed E-state index contributed by atoms with van der Waals surface area (Å²) in [6.07, 6.45) is 4.07. The van der Waals surface area contributed by atoms with Crippen molar-refractivity contribution in [2.45, 2.75) is 38.6 Å². The highest BCUT2D eigenvalue weighted by atomic mass is 32.2. The Balaban J connectivity index is 1.94. The molecule has 5 nitrogen and oxygen atoms in total. The predicted molar refractivity (Wildman–Crippen MR) is 117 cm³/mol. The molecule has 3 rings (SSSR count). The van der Waals surface area contributed by atoms with Crippen LogP contribution in [0.4, 0.5) is 0 Å². The van der Waals surface area contributed by atoms with Crippen LogP contribution < -0.4 is 4.74 Å². The average molecular weight is 431 g/mol. The van der Waals surface area contributed by atoms with Gasteiger partial charge in [0, 0.05) is 30.4 Å². The number of hydrogen-bond donors (Lipinski definition) is 0. The molecule has 0 bridgehead atoms. The molecular weight excluding hydrogens is 404 g/mol. The minimum absolute atomic E-state index is 0.285. The summed E-state index contributed by atoms with van der Waals surface area (Å²) in [5, 5.41) is 2.01. The number of sulfonamides is 1. The SMILES string of the molecule is CCOc1c(C)cc(S(=O)(=O)N(CCc2cccs2)Cc2cccnc2)cc1C. The molecule has 2 heterocycles. The maximum absolute atomic E-state index is 13.5. The first-order valence-corrected chi connectivity index (χ1v) is 11.9. The number of aromatic nitrogens is 1. The number of ether oxygens (including phenoxy) is 1. The Kier molecular flexibility index (Phi) is 7.05. The van der Waals surface area contributed by atoms with Gasteiger partial charge in [-0.15, -0.1) is 11.3 Å². The van der Waals surface area contributed by atoms with Crippen molar-refractivity contribution in [1.29, 1.82) is 0 Å².